The highest BCUT2D eigenvalue weighted by molar-refractivity contribution is 5.72. The van der Waals surface area contributed by atoms with Crippen LogP contribution < -0.4 is 0 Å². The van der Waals surface area contributed by atoms with Crippen molar-refractivity contribution in [1.29, 1.82) is 0 Å². The first-order valence-electron chi connectivity index (χ1n) is 7.66. The molecule has 0 N–H and O–H groups in total. The molecule has 0 fully saturated rings. The maximum absolute atomic E-state index is 11.4. The Kier molecular flexibility index (Phi) is 13.2. The largest absolute Gasteiger partial charge is 0.466 e. The fourth-order valence-corrected chi connectivity index (χ4v) is 1.58. The van der Waals surface area contributed by atoms with Gasteiger partial charge in [0.15, 0.2) is 0 Å². The van der Waals surface area contributed by atoms with E-state index < -0.39 is 0 Å². The third-order valence-electron chi connectivity index (χ3n) is 2.72. The van der Waals surface area contributed by atoms with Gasteiger partial charge in [-0.25, -0.2) is 0 Å². The molecule has 0 aliphatic rings. The Balaban J connectivity index is 3.41. The molecule has 4 nitrogen and oxygen atoms in total. The Morgan fingerprint density at radius 1 is 0.850 bits per heavy atom. The second-order valence-electron chi connectivity index (χ2n) is 4.67. The van der Waals surface area contributed by atoms with Crippen molar-refractivity contribution < 1.29 is 19.1 Å². The highest BCUT2D eigenvalue weighted by atomic mass is 16.5. The third-order valence-corrected chi connectivity index (χ3v) is 2.72. The first-order chi connectivity index (χ1) is 9.70. The molecule has 0 heterocycles. The van der Waals surface area contributed by atoms with Gasteiger partial charge < -0.3 is 9.47 Å². The van der Waals surface area contributed by atoms with E-state index in [2.05, 4.69) is 13.8 Å². The summed E-state index contributed by atoms with van der Waals surface area (Å²) >= 11 is 0. The number of unbranched alkanes of at least 4 members (excludes halogenated alkanes) is 2. The summed E-state index contributed by atoms with van der Waals surface area (Å²) < 4.78 is 10.1. The molecule has 0 aliphatic carbocycles. The smallest absolute Gasteiger partial charge is 0.305 e. The molecule has 0 rings (SSSR count). The fourth-order valence-electron chi connectivity index (χ4n) is 1.58. The van der Waals surface area contributed by atoms with E-state index >= 15 is 0 Å². The zero-order valence-corrected chi connectivity index (χ0v) is 12.9. The molecule has 4 heteroatoms. The van der Waals surface area contributed by atoms with Crippen LogP contribution in [-0.4, -0.2) is 25.2 Å². The van der Waals surface area contributed by atoms with Gasteiger partial charge in [-0.15, -0.1) is 0 Å². The molecule has 0 saturated heterocycles. The van der Waals surface area contributed by atoms with Crippen LogP contribution in [-0.2, 0) is 19.1 Å². The minimum atomic E-state index is -0.242. The van der Waals surface area contributed by atoms with Crippen molar-refractivity contribution in [1.82, 2.24) is 0 Å². The summed E-state index contributed by atoms with van der Waals surface area (Å²) in [6.45, 7) is 5.06. The van der Waals surface area contributed by atoms with Gasteiger partial charge in [-0.05, 0) is 25.7 Å². The third kappa shape index (κ3) is 13.1. The van der Waals surface area contributed by atoms with Crippen molar-refractivity contribution in [3.8, 4) is 0 Å². The van der Waals surface area contributed by atoms with Gasteiger partial charge in [0.05, 0.1) is 13.2 Å². The second kappa shape index (κ2) is 14.1. The minimum Gasteiger partial charge on any atom is -0.466 e. The van der Waals surface area contributed by atoms with Crippen LogP contribution in [0, 0.1) is 0 Å². The first kappa shape index (κ1) is 18.7. The van der Waals surface area contributed by atoms with Crippen LogP contribution in [0.25, 0.3) is 0 Å². The second-order valence-corrected chi connectivity index (χ2v) is 4.67. The van der Waals surface area contributed by atoms with Crippen molar-refractivity contribution in [2.45, 2.75) is 65.2 Å². The molecular weight excluding hydrogens is 256 g/mol. The number of hydrogen-bond donors (Lipinski definition) is 0. The van der Waals surface area contributed by atoms with E-state index in [1.807, 2.05) is 12.2 Å². The maximum atomic E-state index is 11.4. The van der Waals surface area contributed by atoms with Crippen LogP contribution in [0.4, 0.5) is 0 Å². The highest BCUT2D eigenvalue weighted by Gasteiger charge is 2.06. The van der Waals surface area contributed by atoms with E-state index in [1.165, 1.54) is 0 Å². The minimum absolute atomic E-state index is 0.222. The molecular formula is C16H28O4. The molecule has 0 radical (unpaired) electrons. The summed E-state index contributed by atoms with van der Waals surface area (Å²) in [6.07, 6.45) is 9.95. The van der Waals surface area contributed by atoms with Crippen molar-refractivity contribution in [3.05, 3.63) is 12.2 Å². The first-order valence-corrected chi connectivity index (χ1v) is 7.66. The zero-order chi connectivity index (χ0) is 15.1. The predicted octanol–water partition coefficient (Wildman–Crippen LogP) is 3.79. The average molecular weight is 284 g/mol. The fraction of sp³-hybridized carbons (Fsp3) is 0.750. The van der Waals surface area contributed by atoms with Gasteiger partial charge in [0.25, 0.3) is 0 Å². The summed E-state index contributed by atoms with van der Waals surface area (Å²) in [7, 11) is 0. The van der Waals surface area contributed by atoms with E-state index in [4.69, 9.17) is 9.47 Å². The van der Waals surface area contributed by atoms with Crippen molar-refractivity contribution in [2.75, 3.05) is 13.2 Å². The quantitative estimate of drug-likeness (QED) is 0.311. The van der Waals surface area contributed by atoms with E-state index in [0.717, 1.165) is 32.1 Å². The number of allylic oxidation sites excluding steroid dienone is 1. The van der Waals surface area contributed by atoms with Crippen LogP contribution in [0.2, 0.25) is 0 Å². The lowest BCUT2D eigenvalue weighted by Gasteiger charge is -2.05. The number of hydrogen-bond acceptors (Lipinski definition) is 4. The van der Waals surface area contributed by atoms with Crippen LogP contribution in [0.5, 0.6) is 0 Å². The molecule has 0 unspecified atom stereocenters. The summed E-state index contributed by atoms with van der Waals surface area (Å²) in [5.74, 6) is -0.464. The summed E-state index contributed by atoms with van der Waals surface area (Å²) in [4.78, 5) is 22.7. The topological polar surface area (TPSA) is 52.6 Å². The molecule has 0 amide bonds. The summed E-state index contributed by atoms with van der Waals surface area (Å²) in [6, 6.07) is 0. The highest BCUT2D eigenvalue weighted by Crippen LogP contribution is 2.02. The Hall–Kier alpha value is -1.32. The number of rotatable bonds is 12. The number of ether oxygens (including phenoxy) is 2. The Morgan fingerprint density at radius 2 is 1.50 bits per heavy atom. The van der Waals surface area contributed by atoms with Gasteiger partial charge in [-0.1, -0.05) is 38.8 Å². The van der Waals surface area contributed by atoms with Gasteiger partial charge in [0.1, 0.15) is 0 Å². The summed E-state index contributed by atoms with van der Waals surface area (Å²) in [5.41, 5.74) is 0. The zero-order valence-electron chi connectivity index (χ0n) is 12.9. The lowest BCUT2D eigenvalue weighted by molar-refractivity contribution is -0.145. The van der Waals surface area contributed by atoms with Crippen LogP contribution in [0.15, 0.2) is 12.2 Å². The Labute approximate surface area is 122 Å². The van der Waals surface area contributed by atoms with E-state index in [0.29, 0.717) is 19.6 Å². The monoisotopic (exact) mass is 284 g/mol. The SMILES string of the molecule is CC/C=C/CCOC(=O)CCCC(=O)OCCCCC. The molecule has 0 aromatic carbocycles. The number of carbonyl (C=O) groups excluding carboxylic acids is 2. The molecule has 116 valence electrons. The van der Waals surface area contributed by atoms with Gasteiger partial charge in [-0.3, -0.25) is 9.59 Å². The van der Waals surface area contributed by atoms with Gasteiger partial charge in [0.2, 0.25) is 0 Å². The molecule has 0 aliphatic heterocycles. The molecule has 0 aromatic heterocycles. The maximum Gasteiger partial charge on any atom is 0.305 e. The van der Waals surface area contributed by atoms with E-state index in [9.17, 15) is 9.59 Å². The number of carbonyl (C=O) groups is 2. The molecule has 0 spiro atoms. The van der Waals surface area contributed by atoms with E-state index in [-0.39, 0.29) is 24.8 Å². The molecule has 0 bridgehead atoms. The number of esters is 2. The lowest BCUT2D eigenvalue weighted by atomic mass is 10.2. The lowest BCUT2D eigenvalue weighted by Crippen LogP contribution is -2.09. The van der Waals surface area contributed by atoms with Gasteiger partial charge in [-0.2, -0.15) is 0 Å². The van der Waals surface area contributed by atoms with Gasteiger partial charge in [0, 0.05) is 12.8 Å². The Bertz CT molecular complexity index is 284. The summed E-state index contributed by atoms with van der Waals surface area (Å²) in [5, 5.41) is 0. The van der Waals surface area contributed by atoms with Crippen molar-refractivity contribution in [2.24, 2.45) is 0 Å². The van der Waals surface area contributed by atoms with Crippen molar-refractivity contribution in [3.63, 3.8) is 0 Å². The normalized spacial score (nSPS) is 10.7. The van der Waals surface area contributed by atoms with Crippen LogP contribution >= 0.6 is 0 Å². The molecule has 0 atom stereocenters. The van der Waals surface area contributed by atoms with Crippen LogP contribution in [0.3, 0.4) is 0 Å². The van der Waals surface area contributed by atoms with Crippen LogP contribution in [0.1, 0.15) is 65.2 Å². The molecule has 20 heavy (non-hydrogen) atoms. The predicted molar refractivity (Wildman–Crippen MR) is 79.3 cm³/mol. The molecule has 0 aromatic rings. The van der Waals surface area contributed by atoms with Gasteiger partial charge >= 0.3 is 11.9 Å². The standard InChI is InChI=1S/C16H28O4/c1-3-5-7-9-14-20-16(18)12-10-11-15(17)19-13-8-6-4-2/h5,7H,3-4,6,8-14H2,1-2H3/b7-5+. The van der Waals surface area contributed by atoms with E-state index in [1.54, 1.807) is 0 Å². The average Bonchev–Trinajstić information content (AvgIpc) is 2.43. The molecule has 0 saturated carbocycles. The Morgan fingerprint density at radius 3 is 2.10 bits per heavy atom. The van der Waals surface area contributed by atoms with Crippen molar-refractivity contribution >= 4 is 11.9 Å².